The highest BCUT2D eigenvalue weighted by molar-refractivity contribution is 5.81. The van der Waals surface area contributed by atoms with Crippen LogP contribution >= 0.6 is 0 Å². The molecule has 3 rings (SSSR count). The van der Waals surface area contributed by atoms with E-state index in [0.29, 0.717) is 17.0 Å². The molecule has 0 aliphatic rings. The molecular weight excluding hydrogens is 350 g/mol. The predicted octanol–water partition coefficient (Wildman–Crippen LogP) is 3.25. The number of phenols is 1. The summed E-state index contributed by atoms with van der Waals surface area (Å²) in [7, 11) is 1.44. The molecule has 0 aliphatic heterocycles. The lowest BCUT2D eigenvalue weighted by atomic mass is 10.2. The van der Waals surface area contributed by atoms with Gasteiger partial charge in [-0.3, -0.25) is 15.5 Å². The summed E-state index contributed by atoms with van der Waals surface area (Å²) < 4.78 is 6.48. The third-order valence-corrected chi connectivity index (χ3v) is 3.80. The molecule has 0 unspecified atom stereocenters. The minimum Gasteiger partial charge on any atom is -0.504 e. The number of hydrogen-bond acceptors (Lipinski definition) is 7. The molecule has 0 aliphatic carbocycles. The van der Waals surface area contributed by atoms with Crippen LogP contribution in [0, 0.1) is 17.0 Å². The number of para-hydroxylation sites is 1. The average Bonchev–Trinajstić information content (AvgIpc) is 3.00. The zero-order valence-corrected chi connectivity index (χ0v) is 14.7. The summed E-state index contributed by atoms with van der Waals surface area (Å²) in [5, 5.41) is 29.4. The molecule has 1 heterocycles. The van der Waals surface area contributed by atoms with Gasteiger partial charge >= 0.3 is 5.69 Å². The van der Waals surface area contributed by atoms with Crippen molar-refractivity contribution in [2.75, 3.05) is 12.5 Å². The fourth-order valence-electron chi connectivity index (χ4n) is 2.54. The molecule has 0 saturated carbocycles. The number of nitrogens with zero attached hydrogens (tertiary/aromatic N) is 4. The lowest BCUT2D eigenvalue weighted by molar-refractivity contribution is -0.384. The number of nitro groups is 1. The normalized spacial score (nSPS) is 10.9. The number of ether oxygens (including phenoxy) is 1. The van der Waals surface area contributed by atoms with E-state index in [1.165, 1.54) is 24.1 Å². The number of aromatic hydroxyl groups is 1. The van der Waals surface area contributed by atoms with E-state index in [1.807, 2.05) is 18.2 Å². The standard InChI is InChI=1S/C18H17N5O4/c1-12-17(23(25)26)18(22(21-12)14-6-4-3-5-7-14)20-19-11-13-8-9-15(24)16(10-13)27-2/h3-11,20,24H,1-2H3/b19-11+. The Bertz CT molecular complexity index is 998. The zero-order valence-electron chi connectivity index (χ0n) is 14.7. The molecule has 0 fully saturated rings. The molecule has 0 bridgehead atoms. The largest absolute Gasteiger partial charge is 0.504 e. The smallest absolute Gasteiger partial charge is 0.335 e. The minimum atomic E-state index is -0.497. The average molecular weight is 367 g/mol. The fourth-order valence-corrected chi connectivity index (χ4v) is 2.54. The van der Waals surface area contributed by atoms with Crippen LogP contribution < -0.4 is 10.2 Å². The highest BCUT2D eigenvalue weighted by Crippen LogP contribution is 2.31. The molecule has 0 saturated heterocycles. The Labute approximate surface area is 154 Å². The van der Waals surface area contributed by atoms with Crippen molar-refractivity contribution in [1.82, 2.24) is 9.78 Å². The van der Waals surface area contributed by atoms with Gasteiger partial charge in [0.05, 0.1) is 23.9 Å². The van der Waals surface area contributed by atoms with Crippen molar-refractivity contribution >= 4 is 17.7 Å². The van der Waals surface area contributed by atoms with E-state index < -0.39 is 4.92 Å². The third-order valence-electron chi connectivity index (χ3n) is 3.80. The van der Waals surface area contributed by atoms with Crippen LogP contribution in [0.2, 0.25) is 0 Å². The monoisotopic (exact) mass is 367 g/mol. The Kier molecular flexibility index (Phi) is 5.02. The van der Waals surface area contributed by atoms with Crippen LogP contribution in [0.4, 0.5) is 11.5 Å². The van der Waals surface area contributed by atoms with Gasteiger partial charge in [0.2, 0.25) is 5.82 Å². The first-order valence-corrected chi connectivity index (χ1v) is 7.96. The molecule has 0 spiro atoms. The lowest BCUT2D eigenvalue weighted by Gasteiger charge is -2.06. The Morgan fingerprint density at radius 2 is 2.04 bits per heavy atom. The number of nitrogens with one attached hydrogen (secondary N) is 1. The highest BCUT2D eigenvalue weighted by Gasteiger charge is 2.26. The van der Waals surface area contributed by atoms with Crippen molar-refractivity contribution < 1.29 is 14.8 Å². The maximum Gasteiger partial charge on any atom is 0.335 e. The first-order valence-electron chi connectivity index (χ1n) is 7.96. The second kappa shape index (κ2) is 7.56. The SMILES string of the molecule is COc1cc(/C=N/Nc2c([N+](=O)[O-])c(C)nn2-c2ccccc2)ccc1O. The van der Waals surface area contributed by atoms with E-state index in [1.54, 1.807) is 31.2 Å². The maximum atomic E-state index is 11.5. The summed E-state index contributed by atoms with van der Waals surface area (Å²) in [6.45, 7) is 1.57. The minimum absolute atomic E-state index is 0.0102. The summed E-state index contributed by atoms with van der Waals surface area (Å²) in [5.41, 5.74) is 4.13. The first-order chi connectivity index (χ1) is 13.0. The quantitative estimate of drug-likeness (QED) is 0.393. The van der Waals surface area contributed by atoms with E-state index in [4.69, 9.17) is 4.74 Å². The number of aryl methyl sites for hydroxylation is 1. The van der Waals surface area contributed by atoms with Gasteiger partial charge in [-0.25, -0.2) is 4.68 Å². The van der Waals surface area contributed by atoms with Gasteiger partial charge in [-0.1, -0.05) is 18.2 Å². The van der Waals surface area contributed by atoms with E-state index in [-0.39, 0.29) is 22.9 Å². The maximum absolute atomic E-state index is 11.5. The highest BCUT2D eigenvalue weighted by atomic mass is 16.6. The van der Waals surface area contributed by atoms with Gasteiger partial charge in [-0.2, -0.15) is 10.2 Å². The van der Waals surface area contributed by atoms with Crippen molar-refractivity contribution in [3.05, 3.63) is 69.9 Å². The van der Waals surface area contributed by atoms with Gasteiger partial charge < -0.3 is 9.84 Å². The van der Waals surface area contributed by atoms with Crippen LogP contribution in [0.3, 0.4) is 0 Å². The van der Waals surface area contributed by atoms with Crippen molar-refractivity contribution in [2.24, 2.45) is 5.10 Å². The fraction of sp³-hybridized carbons (Fsp3) is 0.111. The number of phenolic OH excluding ortho intramolecular Hbond substituents is 1. The Balaban J connectivity index is 1.95. The molecule has 0 atom stereocenters. The third kappa shape index (κ3) is 3.71. The van der Waals surface area contributed by atoms with Gasteiger partial charge in [0.15, 0.2) is 11.5 Å². The molecule has 9 nitrogen and oxygen atoms in total. The first kappa shape index (κ1) is 17.9. The molecule has 0 amide bonds. The Hall–Kier alpha value is -3.88. The number of rotatable bonds is 6. The van der Waals surface area contributed by atoms with Gasteiger partial charge in [-0.05, 0) is 42.8 Å². The number of methoxy groups -OCH3 is 1. The van der Waals surface area contributed by atoms with Gasteiger partial charge in [-0.15, -0.1) is 0 Å². The molecular formula is C18H17N5O4. The van der Waals surface area contributed by atoms with Gasteiger partial charge in [0, 0.05) is 0 Å². The van der Waals surface area contributed by atoms with E-state index in [0.717, 1.165) is 0 Å². The molecule has 2 N–H and O–H groups in total. The van der Waals surface area contributed by atoms with Crippen molar-refractivity contribution in [3.8, 4) is 17.2 Å². The van der Waals surface area contributed by atoms with Crippen molar-refractivity contribution in [3.63, 3.8) is 0 Å². The second-order valence-corrected chi connectivity index (χ2v) is 5.59. The topological polar surface area (TPSA) is 115 Å². The van der Waals surface area contributed by atoms with Crippen LogP contribution in [-0.4, -0.2) is 33.1 Å². The van der Waals surface area contributed by atoms with Crippen LogP contribution in [0.25, 0.3) is 5.69 Å². The molecule has 0 radical (unpaired) electrons. The lowest BCUT2D eigenvalue weighted by Crippen LogP contribution is -2.03. The summed E-state index contributed by atoms with van der Waals surface area (Å²) in [6, 6.07) is 13.7. The summed E-state index contributed by atoms with van der Waals surface area (Å²) in [4.78, 5) is 11.0. The van der Waals surface area contributed by atoms with E-state index >= 15 is 0 Å². The van der Waals surface area contributed by atoms with Crippen LogP contribution in [0.15, 0.2) is 53.6 Å². The van der Waals surface area contributed by atoms with Crippen LogP contribution in [0.1, 0.15) is 11.3 Å². The molecule has 2 aromatic carbocycles. The molecule has 1 aromatic heterocycles. The van der Waals surface area contributed by atoms with Crippen molar-refractivity contribution in [1.29, 1.82) is 0 Å². The number of hydrogen-bond donors (Lipinski definition) is 2. The Morgan fingerprint density at radius 1 is 1.30 bits per heavy atom. The van der Waals surface area contributed by atoms with Crippen molar-refractivity contribution in [2.45, 2.75) is 6.92 Å². The molecule has 138 valence electrons. The summed E-state index contributed by atoms with van der Waals surface area (Å²) >= 11 is 0. The zero-order chi connectivity index (χ0) is 19.4. The number of hydrazone groups is 1. The number of anilines is 1. The summed E-state index contributed by atoms with van der Waals surface area (Å²) in [5.74, 6) is 0.455. The summed E-state index contributed by atoms with van der Waals surface area (Å²) in [6.07, 6.45) is 1.46. The van der Waals surface area contributed by atoms with Gasteiger partial charge in [0.25, 0.3) is 0 Å². The van der Waals surface area contributed by atoms with Crippen LogP contribution in [-0.2, 0) is 0 Å². The van der Waals surface area contributed by atoms with Crippen LogP contribution in [0.5, 0.6) is 11.5 Å². The predicted molar refractivity (Wildman–Crippen MR) is 101 cm³/mol. The van der Waals surface area contributed by atoms with E-state index in [9.17, 15) is 15.2 Å². The molecule has 3 aromatic rings. The Morgan fingerprint density at radius 3 is 2.70 bits per heavy atom. The number of benzene rings is 2. The van der Waals surface area contributed by atoms with Gasteiger partial charge in [0.1, 0.15) is 5.69 Å². The van der Waals surface area contributed by atoms with E-state index in [2.05, 4.69) is 15.6 Å². The molecule has 27 heavy (non-hydrogen) atoms. The number of aromatic nitrogens is 2. The molecule has 9 heteroatoms. The second-order valence-electron chi connectivity index (χ2n) is 5.59.